The maximum Gasteiger partial charge on any atom is 0.144 e. The molecule has 1 saturated heterocycles. The Morgan fingerprint density at radius 2 is 2.05 bits per heavy atom. The van der Waals surface area contributed by atoms with E-state index in [4.69, 9.17) is 15.7 Å². The van der Waals surface area contributed by atoms with Crippen LogP contribution in [0, 0.1) is 5.41 Å². The molecule has 1 fully saturated rings. The van der Waals surface area contributed by atoms with E-state index >= 15 is 0 Å². The third-order valence-corrected chi connectivity index (χ3v) is 4.03. The Kier molecular flexibility index (Phi) is 6.03. The van der Waals surface area contributed by atoms with Crippen LogP contribution in [-0.2, 0) is 4.74 Å². The Morgan fingerprint density at radius 3 is 2.58 bits per heavy atom. The van der Waals surface area contributed by atoms with Gasteiger partial charge in [0.15, 0.2) is 0 Å². The van der Waals surface area contributed by atoms with Crippen molar-refractivity contribution < 1.29 is 15.1 Å². The first-order valence-electron chi connectivity index (χ1n) is 6.87. The standard InChI is InChI=1S/C13H27N3O3/c1-12(2,11(14)16-18)4-3-7-15-13(10-17)5-8-19-9-6-13/h15,17-18H,3-10H2,1-2H3,(H2,14,16). The van der Waals surface area contributed by atoms with Gasteiger partial charge in [-0.3, -0.25) is 0 Å². The SMILES string of the molecule is CC(C)(CCCNC1(CO)CCOCC1)C(N)=NO. The summed E-state index contributed by atoms with van der Waals surface area (Å²) >= 11 is 0. The van der Waals surface area contributed by atoms with Gasteiger partial charge in [0, 0.05) is 24.2 Å². The van der Waals surface area contributed by atoms with Crippen LogP contribution in [0.15, 0.2) is 5.16 Å². The fourth-order valence-corrected chi connectivity index (χ4v) is 2.30. The maximum atomic E-state index is 9.54. The number of nitrogens with two attached hydrogens (primary N) is 1. The lowest BCUT2D eigenvalue weighted by Gasteiger charge is -2.37. The van der Waals surface area contributed by atoms with Gasteiger partial charge in [0.2, 0.25) is 0 Å². The van der Waals surface area contributed by atoms with E-state index in [1.54, 1.807) is 0 Å². The molecule has 5 N–H and O–H groups in total. The molecule has 0 spiro atoms. The van der Waals surface area contributed by atoms with Crippen molar-refractivity contribution in [3.8, 4) is 0 Å². The van der Waals surface area contributed by atoms with Crippen molar-refractivity contribution in [3.63, 3.8) is 0 Å². The number of nitrogens with zero attached hydrogens (tertiary/aromatic N) is 1. The van der Waals surface area contributed by atoms with Crippen molar-refractivity contribution >= 4 is 5.84 Å². The van der Waals surface area contributed by atoms with Crippen molar-refractivity contribution in [3.05, 3.63) is 0 Å². The summed E-state index contributed by atoms with van der Waals surface area (Å²) < 4.78 is 5.32. The predicted molar refractivity (Wildman–Crippen MR) is 74.3 cm³/mol. The molecule has 6 heteroatoms. The first-order chi connectivity index (χ1) is 8.96. The zero-order valence-electron chi connectivity index (χ0n) is 12.0. The van der Waals surface area contributed by atoms with E-state index in [0.717, 1.165) is 32.2 Å². The van der Waals surface area contributed by atoms with Crippen LogP contribution in [0.2, 0.25) is 0 Å². The van der Waals surface area contributed by atoms with Crippen molar-refractivity contribution in [2.45, 2.75) is 45.1 Å². The third-order valence-electron chi connectivity index (χ3n) is 4.03. The average molecular weight is 273 g/mol. The molecule has 0 aromatic rings. The van der Waals surface area contributed by atoms with Crippen LogP contribution < -0.4 is 11.1 Å². The van der Waals surface area contributed by atoms with Gasteiger partial charge >= 0.3 is 0 Å². The van der Waals surface area contributed by atoms with Gasteiger partial charge in [0.25, 0.3) is 0 Å². The lowest BCUT2D eigenvalue weighted by Crippen LogP contribution is -2.52. The zero-order chi connectivity index (χ0) is 14.4. The highest BCUT2D eigenvalue weighted by Gasteiger charge is 2.31. The van der Waals surface area contributed by atoms with Gasteiger partial charge in [0.1, 0.15) is 5.84 Å². The number of hydrogen-bond donors (Lipinski definition) is 4. The van der Waals surface area contributed by atoms with Crippen LogP contribution >= 0.6 is 0 Å². The fourth-order valence-electron chi connectivity index (χ4n) is 2.30. The lowest BCUT2D eigenvalue weighted by molar-refractivity contribution is 0.0118. The van der Waals surface area contributed by atoms with Crippen LogP contribution in [0.3, 0.4) is 0 Å². The molecule has 0 amide bonds. The average Bonchev–Trinajstić information content (AvgIpc) is 2.43. The summed E-state index contributed by atoms with van der Waals surface area (Å²) in [4.78, 5) is 0. The second-order valence-electron chi connectivity index (χ2n) is 5.95. The summed E-state index contributed by atoms with van der Waals surface area (Å²) in [5.41, 5.74) is 5.15. The van der Waals surface area contributed by atoms with E-state index in [0.29, 0.717) is 13.2 Å². The second-order valence-corrected chi connectivity index (χ2v) is 5.95. The molecule has 1 heterocycles. The zero-order valence-corrected chi connectivity index (χ0v) is 12.0. The molecule has 0 unspecified atom stereocenters. The van der Waals surface area contributed by atoms with E-state index in [1.807, 2.05) is 13.8 Å². The molecule has 0 bridgehead atoms. The monoisotopic (exact) mass is 273 g/mol. The van der Waals surface area contributed by atoms with E-state index in [2.05, 4.69) is 10.5 Å². The topological polar surface area (TPSA) is 100 Å². The summed E-state index contributed by atoms with van der Waals surface area (Å²) in [5, 5.41) is 24.8. The third kappa shape index (κ3) is 4.63. The number of oxime groups is 1. The minimum absolute atomic E-state index is 0.139. The first kappa shape index (κ1) is 16.2. The van der Waals surface area contributed by atoms with Gasteiger partial charge in [-0.15, -0.1) is 0 Å². The molecule has 0 radical (unpaired) electrons. The largest absolute Gasteiger partial charge is 0.409 e. The van der Waals surface area contributed by atoms with Gasteiger partial charge in [0.05, 0.1) is 6.61 Å². The number of nitrogens with one attached hydrogen (secondary N) is 1. The Hall–Kier alpha value is -0.850. The highest BCUT2D eigenvalue weighted by molar-refractivity contribution is 5.85. The van der Waals surface area contributed by atoms with Crippen molar-refractivity contribution in [1.29, 1.82) is 0 Å². The van der Waals surface area contributed by atoms with E-state index in [-0.39, 0.29) is 23.4 Å². The molecule has 0 aromatic heterocycles. The second kappa shape index (κ2) is 7.07. The minimum atomic E-state index is -0.307. The number of ether oxygens (including phenoxy) is 1. The molecule has 1 rings (SSSR count). The van der Waals surface area contributed by atoms with E-state index in [1.165, 1.54) is 0 Å². The molecular formula is C13H27N3O3. The first-order valence-corrected chi connectivity index (χ1v) is 6.87. The quantitative estimate of drug-likeness (QED) is 0.180. The van der Waals surface area contributed by atoms with Crippen molar-refractivity contribution in [1.82, 2.24) is 5.32 Å². The molecule has 0 aliphatic carbocycles. The van der Waals surface area contributed by atoms with Crippen LogP contribution in [0.25, 0.3) is 0 Å². The summed E-state index contributed by atoms with van der Waals surface area (Å²) in [6.45, 7) is 6.26. The summed E-state index contributed by atoms with van der Waals surface area (Å²) in [5.74, 6) is 0.260. The van der Waals surface area contributed by atoms with Crippen LogP contribution in [0.5, 0.6) is 0 Å². The number of aliphatic hydroxyl groups is 1. The van der Waals surface area contributed by atoms with Crippen molar-refractivity contribution in [2.75, 3.05) is 26.4 Å². The van der Waals surface area contributed by atoms with Gasteiger partial charge in [-0.1, -0.05) is 19.0 Å². The number of aliphatic hydroxyl groups excluding tert-OH is 1. The highest BCUT2D eigenvalue weighted by atomic mass is 16.5. The molecule has 0 saturated carbocycles. The lowest BCUT2D eigenvalue weighted by atomic mass is 9.86. The van der Waals surface area contributed by atoms with Crippen LogP contribution in [-0.4, -0.2) is 48.1 Å². The Labute approximate surface area is 115 Å². The number of amidine groups is 1. The number of rotatable bonds is 7. The maximum absolute atomic E-state index is 9.54. The molecule has 0 atom stereocenters. The summed E-state index contributed by atoms with van der Waals surface area (Å²) in [6.07, 6.45) is 3.42. The summed E-state index contributed by atoms with van der Waals surface area (Å²) in [6, 6.07) is 0. The molecule has 1 aliphatic heterocycles. The van der Waals surface area contributed by atoms with E-state index in [9.17, 15) is 5.11 Å². The van der Waals surface area contributed by atoms with Gasteiger partial charge in [-0.05, 0) is 32.2 Å². The normalized spacial score (nSPS) is 20.5. The highest BCUT2D eigenvalue weighted by Crippen LogP contribution is 2.23. The Balaban J connectivity index is 2.33. The Morgan fingerprint density at radius 1 is 1.42 bits per heavy atom. The van der Waals surface area contributed by atoms with Gasteiger partial charge in [-0.25, -0.2) is 0 Å². The molecule has 0 aromatic carbocycles. The minimum Gasteiger partial charge on any atom is -0.409 e. The van der Waals surface area contributed by atoms with E-state index < -0.39 is 0 Å². The van der Waals surface area contributed by atoms with Crippen molar-refractivity contribution in [2.24, 2.45) is 16.3 Å². The molecule has 112 valence electrons. The van der Waals surface area contributed by atoms with Gasteiger partial charge in [-0.2, -0.15) is 0 Å². The molecule has 6 nitrogen and oxygen atoms in total. The summed E-state index contributed by atoms with van der Waals surface area (Å²) in [7, 11) is 0. The smallest absolute Gasteiger partial charge is 0.144 e. The fraction of sp³-hybridized carbons (Fsp3) is 0.923. The molecule has 1 aliphatic rings. The van der Waals surface area contributed by atoms with Crippen LogP contribution in [0.4, 0.5) is 0 Å². The molecular weight excluding hydrogens is 246 g/mol. The Bertz CT molecular complexity index is 300. The predicted octanol–water partition coefficient (Wildman–Crippen LogP) is 0.670. The number of hydrogen-bond acceptors (Lipinski definition) is 5. The molecule has 19 heavy (non-hydrogen) atoms. The van der Waals surface area contributed by atoms with Crippen LogP contribution in [0.1, 0.15) is 39.5 Å². The van der Waals surface area contributed by atoms with Gasteiger partial charge < -0.3 is 26.1 Å².